The summed E-state index contributed by atoms with van der Waals surface area (Å²) >= 11 is 0. The molecule has 1 spiro atoms. The van der Waals surface area contributed by atoms with Crippen LogP contribution in [0.25, 0.3) is 16.9 Å². The van der Waals surface area contributed by atoms with E-state index in [1.165, 1.54) is 24.7 Å². The van der Waals surface area contributed by atoms with E-state index in [0.29, 0.717) is 39.7 Å². The topological polar surface area (TPSA) is 100 Å². The van der Waals surface area contributed by atoms with Crippen LogP contribution in [0.5, 0.6) is 0 Å². The van der Waals surface area contributed by atoms with Crippen LogP contribution in [0.3, 0.4) is 0 Å². The van der Waals surface area contributed by atoms with Crippen LogP contribution in [-0.4, -0.2) is 62.4 Å². The number of hydrogen-bond acceptors (Lipinski definition) is 8. The summed E-state index contributed by atoms with van der Waals surface area (Å²) in [5.41, 5.74) is 3.60. The van der Waals surface area contributed by atoms with E-state index in [9.17, 15) is 4.21 Å². The molecule has 208 valence electrons. The van der Waals surface area contributed by atoms with Crippen LogP contribution >= 0.6 is 0 Å². The van der Waals surface area contributed by atoms with Gasteiger partial charge in [-0.15, -0.1) is 0 Å². The lowest BCUT2D eigenvalue weighted by Crippen LogP contribution is -2.58. The van der Waals surface area contributed by atoms with Crippen molar-refractivity contribution in [2.45, 2.75) is 31.6 Å². The number of nitrogens with one attached hydrogen (secondary N) is 2. The van der Waals surface area contributed by atoms with Crippen molar-refractivity contribution in [2.24, 2.45) is 9.78 Å². The molecule has 40 heavy (non-hydrogen) atoms. The summed E-state index contributed by atoms with van der Waals surface area (Å²) in [5, 5.41) is 7.07. The number of piperidine rings is 1. The van der Waals surface area contributed by atoms with Crippen molar-refractivity contribution in [3.63, 3.8) is 0 Å². The van der Waals surface area contributed by atoms with Gasteiger partial charge in [0.15, 0.2) is 17.3 Å². The fourth-order valence-electron chi connectivity index (χ4n) is 5.83. The van der Waals surface area contributed by atoms with Gasteiger partial charge in [-0.05, 0) is 67.5 Å². The molecule has 1 saturated carbocycles. The molecule has 0 atom stereocenters. The first-order chi connectivity index (χ1) is 19.3. The van der Waals surface area contributed by atoms with Gasteiger partial charge in [0.25, 0.3) is 0 Å². The Hall–Kier alpha value is -3.57. The summed E-state index contributed by atoms with van der Waals surface area (Å²) in [5.74, 6) is 1.01. The Kier molecular flexibility index (Phi) is 6.04. The van der Waals surface area contributed by atoms with Gasteiger partial charge in [0.2, 0.25) is 5.95 Å². The maximum atomic E-state index is 15.7. The minimum absolute atomic E-state index is 0.104. The highest BCUT2D eigenvalue weighted by atomic mass is 32.2. The Labute approximate surface area is 233 Å². The summed E-state index contributed by atoms with van der Waals surface area (Å²) in [6.45, 7) is 4.46. The van der Waals surface area contributed by atoms with Crippen molar-refractivity contribution in [3.8, 4) is 5.82 Å². The predicted octanol–water partition coefficient (Wildman–Crippen LogP) is 5.12. The molecular weight excluding hydrogens is 527 g/mol. The zero-order valence-corrected chi connectivity index (χ0v) is 23.5. The summed E-state index contributed by atoms with van der Waals surface area (Å²) in [7, 11) is -2.40. The van der Waals surface area contributed by atoms with E-state index in [1.807, 2.05) is 12.1 Å². The van der Waals surface area contributed by atoms with Crippen LogP contribution in [0.15, 0.2) is 53.0 Å². The molecule has 2 aliphatic heterocycles. The van der Waals surface area contributed by atoms with Gasteiger partial charge in [-0.2, -0.15) is 9.35 Å². The van der Waals surface area contributed by atoms with E-state index in [2.05, 4.69) is 42.0 Å². The van der Waals surface area contributed by atoms with Crippen molar-refractivity contribution in [1.82, 2.24) is 24.8 Å². The van der Waals surface area contributed by atoms with Gasteiger partial charge < -0.3 is 15.5 Å². The number of fused-ring (bicyclic) bond motifs is 1. The zero-order valence-electron chi connectivity index (χ0n) is 22.7. The molecule has 2 saturated heterocycles. The highest BCUT2D eigenvalue weighted by Gasteiger charge is 2.39. The second-order valence-electron chi connectivity index (χ2n) is 11.6. The summed E-state index contributed by atoms with van der Waals surface area (Å²) in [4.78, 5) is 16.2. The Morgan fingerprint density at radius 1 is 1.07 bits per heavy atom. The molecule has 11 heteroatoms. The van der Waals surface area contributed by atoms with E-state index in [-0.39, 0.29) is 11.7 Å². The Balaban J connectivity index is 1.18. The van der Waals surface area contributed by atoms with Crippen LogP contribution in [0.4, 0.5) is 27.5 Å². The molecule has 0 bridgehead atoms. The average molecular weight is 561 g/mol. The maximum absolute atomic E-state index is 15.7. The second-order valence-corrected chi connectivity index (χ2v) is 14.2. The van der Waals surface area contributed by atoms with Gasteiger partial charge in [-0.1, -0.05) is 6.07 Å². The van der Waals surface area contributed by atoms with E-state index >= 15 is 4.39 Å². The van der Waals surface area contributed by atoms with Crippen molar-refractivity contribution in [2.75, 3.05) is 48.9 Å². The van der Waals surface area contributed by atoms with Gasteiger partial charge in [0.05, 0.1) is 11.1 Å². The van der Waals surface area contributed by atoms with Crippen LogP contribution in [0, 0.1) is 11.2 Å². The highest BCUT2D eigenvalue weighted by Crippen LogP contribution is 2.45. The van der Waals surface area contributed by atoms with Gasteiger partial charge in [-0.25, -0.2) is 18.6 Å². The number of nitrogens with zero attached hydrogens (tertiary/aromatic N) is 6. The third kappa shape index (κ3) is 4.81. The molecule has 0 radical (unpaired) electrons. The van der Waals surface area contributed by atoms with Crippen molar-refractivity contribution in [3.05, 3.63) is 60.2 Å². The number of aromatic nitrogens is 4. The minimum Gasteiger partial charge on any atom is -0.371 e. The number of hydrogen-bond donors (Lipinski definition) is 2. The molecule has 5 heterocycles. The monoisotopic (exact) mass is 560 g/mol. The zero-order chi connectivity index (χ0) is 27.5. The number of benzene rings is 1. The predicted molar refractivity (Wildman–Crippen MR) is 157 cm³/mol. The summed E-state index contributed by atoms with van der Waals surface area (Å²) in [6.07, 6.45) is 8.95. The molecule has 1 aromatic carbocycles. The van der Waals surface area contributed by atoms with Crippen LogP contribution in [0.1, 0.15) is 37.3 Å². The third-order valence-electron chi connectivity index (χ3n) is 8.22. The van der Waals surface area contributed by atoms with Gasteiger partial charge in [-0.3, -0.25) is 4.57 Å². The standard InChI is InChI=1S/C29H33FN8OS/c1-40(2,39)36-23-4-3-5-24(34-23)38-26(19-6-7-19)25(30)22-16-32-28(35-27(22)38)33-20-8-10-21(11-9-20)37-14-12-29(13-15-37)17-31-18-29/h3-5,8-11,16,19,31H,6-7,12-15,17-18H2,1-2H3,(H,32,33,35). The maximum Gasteiger partial charge on any atom is 0.229 e. The van der Waals surface area contributed by atoms with Crippen LogP contribution in [0.2, 0.25) is 0 Å². The van der Waals surface area contributed by atoms with E-state index in [0.717, 1.165) is 44.7 Å². The quantitative estimate of drug-likeness (QED) is 0.337. The van der Waals surface area contributed by atoms with Gasteiger partial charge in [0.1, 0.15) is 5.82 Å². The molecule has 9 nitrogen and oxygen atoms in total. The SMILES string of the molecule is CS(C)(=O)=Nc1cccc(-n2c(C3CC3)c(F)c3cnc(Nc4ccc(N5CCC6(CC5)CNC6)cc4)nc32)n1. The summed E-state index contributed by atoms with van der Waals surface area (Å²) in [6, 6.07) is 13.6. The second kappa shape index (κ2) is 9.52. The number of anilines is 3. The Morgan fingerprint density at radius 3 is 2.48 bits per heavy atom. The van der Waals surface area contributed by atoms with E-state index < -0.39 is 9.73 Å². The lowest BCUT2D eigenvalue weighted by atomic mass is 9.73. The molecular formula is C29H33FN8OS. The first-order valence-corrected chi connectivity index (χ1v) is 16.1. The number of pyridine rings is 1. The van der Waals surface area contributed by atoms with E-state index in [4.69, 9.17) is 4.98 Å². The first-order valence-electron chi connectivity index (χ1n) is 13.8. The fraction of sp³-hybridized carbons (Fsp3) is 0.414. The molecule has 1 aliphatic carbocycles. The molecule has 0 unspecified atom stereocenters. The number of halogens is 1. The first kappa shape index (κ1) is 25.4. The third-order valence-corrected chi connectivity index (χ3v) is 8.85. The number of rotatable bonds is 6. The molecule has 2 N–H and O–H groups in total. The molecule has 4 aromatic rings. The van der Waals surface area contributed by atoms with Gasteiger partial charge >= 0.3 is 0 Å². The molecule has 7 rings (SSSR count). The highest BCUT2D eigenvalue weighted by molar-refractivity contribution is 7.92. The van der Waals surface area contributed by atoms with Crippen LogP contribution in [-0.2, 0) is 9.73 Å². The molecule has 3 fully saturated rings. The fourth-order valence-corrected chi connectivity index (χ4v) is 6.38. The lowest BCUT2D eigenvalue weighted by molar-refractivity contribution is 0.126. The smallest absolute Gasteiger partial charge is 0.229 e. The lowest BCUT2D eigenvalue weighted by Gasteiger charge is -2.49. The molecule has 3 aliphatic rings. The average Bonchev–Trinajstić information content (AvgIpc) is 3.71. The summed E-state index contributed by atoms with van der Waals surface area (Å²) < 4.78 is 33.9. The molecule has 0 amide bonds. The van der Waals surface area contributed by atoms with E-state index in [1.54, 1.807) is 35.3 Å². The minimum atomic E-state index is -2.40. The van der Waals surface area contributed by atoms with Crippen molar-refractivity contribution >= 4 is 43.9 Å². The van der Waals surface area contributed by atoms with Crippen LogP contribution < -0.4 is 15.5 Å². The largest absolute Gasteiger partial charge is 0.371 e. The Morgan fingerprint density at radius 2 is 1.82 bits per heavy atom. The normalized spacial score (nSPS) is 18.6. The van der Waals surface area contributed by atoms with Crippen molar-refractivity contribution < 1.29 is 8.60 Å². The Bertz CT molecular complexity index is 1700. The van der Waals surface area contributed by atoms with Crippen molar-refractivity contribution in [1.29, 1.82) is 0 Å². The van der Waals surface area contributed by atoms with Gasteiger partial charge in [0, 0.05) is 71.9 Å². The molecule has 3 aromatic heterocycles.